The van der Waals surface area contributed by atoms with Gasteiger partial charge in [0.2, 0.25) is 0 Å². The fourth-order valence-corrected chi connectivity index (χ4v) is 2.79. The van der Waals surface area contributed by atoms with Crippen LogP contribution in [0, 0.1) is 0 Å². The van der Waals surface area contributed by atoms with Gasteiger partial charge in [-0.2, -0.15) is 0 Å². The molecule has 0 aliphatic rings. The molecule has 0 atom stereocenters. The third-order valence-electron chi connectivity index (χ3n) is 4.22. The van der Waals surface area contributed by atoms with Crippen molar-refractivity contribution in [2.75, 3.05) is 0 Å². The van der Waals surface area contributed by atoms with E-state index in [0.29, 0.717) is 0 Å². The maximum atomic E-state index is 10.4. The number of unbranched alkanes of at least 4 members (excludes halogenated alkanes) is 10. The number of hydrogen-bond acceptors (Lipinski definition) is 1. The molecule has 0 aromatic carbocycles. The molecule has 0 aliphatic carbocycles. The molecule has 1 nitrogen and oxygen atoms in total. The zero-order valence-corrected chi connectivity index (χ0v) is 15.1. The minimum absolute atomic E-state index is 0.865. The average molecular weight is 307 g/mol. The molecule has 1 heteroatoms. The maximum Gasteiger partial charge on any atom is 0.142 e. The first kappa shape index (κ1) is 21.1. The Morgan fingerprint density at radius 1 is 0.636 bits per heavy atom. The molecular formula is C21H38O. The lowest BCUT2D eigenvalue weighted by molar-refractivity contribution is -0.104. The van der Waals surface area contributed by atoms with Gasteiger partial charge < -0.3 is 0 Å². The number of rotatable bonds is 16. The quantitative estimate of drug-likeness (QED) is 0.128. The largest absolute Gasteiger partial charge is 0.299 e. The first-order valence-corrected chi connectivity index (χ1v) is 9.65. The average Bonchev–Trinajstić information content (AvgIpc) is 2.53. The highest BCUT2D eigenvalue weighted by Crippen LogP contribution is 2.18. The molecule has 0 aliphatic heterocycles. The Balaban J connectivity index is 3.87. The summed E-state index contributed by atoms with van der Waals surface area (Å²) >= 11 is 0. The van der Waals surface area contributed by atoms with Crippen LogP contribution in [-0.4, -0.2) is 6.29 Å². The Kier molecular flexibility index (Phi) is 17.5. The van der Waals surface area contributed by atoms with Crippen molar-refractivity contribution in [1.82, 2.24) is 0 Å². The summed E-state index contributed by atoms with van der Waals surface area (Å²) in [6.45, 7) is 4.53. The van der Waals surface area contributed by atoms with Gasteiger partial charge in [-0.05, 0) is 31.8 Å². The summed E-state index contributed by atoms with van der Waals surface area (Å²) in [5.41, 5.74) is 1.53. The molecule has 0 amide bonds. The Labute approximate surface area is 139 Å². The van der Waals surface area contributed by atoms with Crippen molar-refractivity contribution < 1.29 is 4.79 Å². The maximum absolute atomic E-state index is 10.4. The van der Waals surface area contributed by atoms with Crippen LogP contribution in [0.15, 0.2) is 23.8 Å². The smallest absolute Gasteiger partial charge is 0.142 e. The Morgan fingerprint density at radius 2 is 1.09 bits per heavy atom. The lowest BCUT2D eigenvalue weighted by atomic mass is 9.99. The highest BCUT2D eigenvalue weighted by atomic mass is 16.1. The summed E-state index contributed by atoms with van der Waals surface area (Å²) in [5.74, 6) is 0. The van der Waals surface area contributed by atoms with Gasteiger partial charge in [0, 0.05) is 0 Å². The van der Waals surface area contributed by atoms with Gasteiger partial charge in [-0.3, -0.25) is 4.79 Å². The summed E-state index contributed by atoms with van der Waals surface area (Å²) < 4.78 is 0. The summed E-state index contributed by atoms with van der Waals surface area (Å²) in [7, 11) is 0. The predicted octanol–water partition coefficient (Wildman–Crippen LogP) is 7.17. The molecule has 0 saturated carbocycles. The van der Waals surface area contributed by atoms with Crippen LogP contribution < -0.4 is 0 Å². The van der Waals surface area contributed by atoms with E-state index in [4.69, 9.17) is 0 Å². The molecule has 0 spiro atoms. The van der Waals surface area contributed by atoms with E-state index in [1.165, 1.54) is 95.5 Å². The van der Waals surface area contributed by atoms with Gasteiger partial charge >= 0.3 is 0 Å². The number of carbonyl (C=O) groups excluding carboxylic acids is 1. The Hall–Kier alpha value is -0.850. The molecule has 0 unspecified atom stereocenters. The molecule has 22 heavy (non-hydrogen) atoms. The van der Waals surface area contributed by atoms with Crippen LogP contribution in [0.3, 0.4) is 0 Å². The minimum Gasteiger partial charge on any atom is -0.299 e. The van der Waals surface area contributed by atoms with Crippen LogP contribution >= 0.6 is 0 Å². The molecular weight excluding hydrogens is 268 g/mol. The molecule has 0 rings (SSSR count). The third kappa shape index (κ3) is 15.5. The number of carbonyl (C=O) groups is 1. The molecule has 128 valence electrons. The first-order valence-electron chi connectivity index (χ1n) is 9.65. The molecule has 0 aromatic heterocycles. The van der Waals surface area contributed by atoms with E-state index >= 15 is 0 Å². The van der Waals surface area contributed by atoms with Gasteiger partial charge in [-0.1, -0.05) is 95.8 Å². The SMILES string of the molecule is CCCCCCCCC(=CC=CC=O)CCCCCCCC. The lowest BCUT2D eigenvalue weighted by Crippen LogP contribution is -1.88. The van der Waals surface area contributed by atoms with Crippen molar-refractivity contribution in [3.05, 3.63) is 23.8 Å². The summed E-state index contributed by atoms with van der Waals surface area (Å²) in [4.78, 5) is 10.4. The van der Waals surface area contributed by atoms with Crippen LogP contribution in [-0.2, 0) is 4.79 Å². The van der Waals surface area contributed by atoms with E-state index in [1.807, 2.05) is 6.08 Å². The standard InChI is InChI=1S/C21H38O/c1-3-5-7-9-11-13-17-21(19-15-16-20-22)18-14-12-10-8-6-4-2/h15-16,19-20H,3-14,17-18H2,1-2H3. The number of aldehydes is 1. The number of hydrogen-bond donors (Lipinski definition) is 0. The van der Waals surface area contributed by atoms with Crippen molar-refractivity contribution in [2.45, 2.75) is 104 Å². The number of allylic oxidation sites excluding steroid dienone is 4. The second-order valence-corrected chi connectivity index (χ2v) is 6.38. The van der Waals surface area contributed by atoms with Crippen molar-refractivity contribution in [3.8, 4) is 0 Å². The zero-order chi connectivity index (χ0) is 16.3. The molecule has 0 bridgehead atoms. The third-order valence-corrected chi connectivity index (χ3v) is 4.22. The van der Waals surface area contributed by atoms with Gasteiger partial charge in [-0.25, -0.2) is 0 Å². The fraction of sp³-hybridized carbons (Fsp3) is 0.762. The van der Waals surface area contributed by atoms with Crippen LogP contribution in [0.1, 0.15) is 104 Å². The highest BCUT2D eigenvalue weighted by Gasteiger charge is 1.99. The molecule has 0 aromatic rings. The minimum atomic E-state index is 0.865. The molecule has 0 radical (unpaired) electrons. The molecule has 0 N–H and O–H groups in total. The topological polar surface area (TPSA) is 17.1 Å². The van der Waals surface area contributed by atoms with E-state index in [1.54, 1.807) is 6.08 Å². The molecule has 0 fully saturated rings. The van der Waals surface area contributed by atoms with Gasteiger partial charge in [-0.15, -0.1) is 0 Å². The summed E-state index contributed by atoms with van der Waals surface area (Å²) in [6.07, 6.45) is 25.2. The van der Waals surface area contributed by atoms with E-state index in [2.05, 4.69) is 19.9 Å². The van der Waals surface area contributed by atoms with Gasteiger partial charge in [0.1, 0.15) is 6.29 Å². The fourth-order valence-electron chi connectivity index (χ4n) is 2.79. The Bertz CT molecular complexity index is 270. The van der Waals surface area contributed by atoms with Gasteiger partial charge in [0.25, 0.3) is 0 Å². The van der Waals surface area contributed by atoms with Crippen LogP contribution in [0.5, 0.6) is 0 Å². The van der Waals surface area contributed by atoms with E-state index in [9.17, 15) is 4.79 Å². The van der Waals surface area contributed by atoms with E-state index in [0.717, 1.165) is 6.29 Å². The second kappa shape index (κ2) is 18.2. The molecule has 0 saturated heterocycles. The van der Waals surface area contributed by atoms with Crippen molar-refractivity contribution in [3.63, 3.8) is 0 Å². The van der Waals surface area contributed by atoms with Crippen LogP contribution in [0.25, 0.3) is 0 Å². The highest BCUT2D eigenvalue weighted by molar-refractivity contribution is 5.65. The summed E-state index contributed by atoms with van der Waals surface area (Å²) in [5, 5.41) is 0. The molecule has 0 heterocycles. The van der Waals surface area contributed by atoms with Crippen molar-refractivity contribution in [1.29, 1.82) is 0 Å². The van der Waals surface area contributed by atoms with E-state index in [-0.39, 0.29) is 0 Å². The van der Waals surface area contributed by atoms with Crippen LogP contribution in [0.2, 0.25) is 0 Å². The van der Waals surface area contributed by atoms with Gasteiger partial charge in [0.15, 0.2) is 0 Å². The van der Waals surface area contributed by atoms with Crippen molar-refractivity contribution in [2.24, 2.45) is 0 Å². The Morgan fingerprint density at radius 3 is 1.55 bits per heavy atom. The predicted molar refractivity (Wildman–Crippen MR) is 99.3 cm³/mol. The summed E-state index contributed by atoms with van der Waals surface area (Å²) in [6, 6.07) is 0. The normalized spacial score (nSPS) is 11.0. The lowest BCUT2D eigenvalue weighted by Gasteiger charge is -2.07. The van der Waals surface area contributed by atoms with Crippen LogP contribution in [0.4, 0.5) is 0 Å². The van der Waals surface area contributed by atoms with Gasteiger partial charge in [0.05, 0.1) is 0 Å². The van der Waals surface area contributed by atoms with E-state index < -0.39 is 0 Å². The monoisotopic (exact) mass is 306 g/mol. The van der Waals surface area contributed by atoms with Crippen molar-refractivity contribution >= 4 is 6.29 Å². The first-order chi connectivity index (χ1) is 10.8. The zero-order valence-electron chi connectivity index (χ0n) is 15.1. The second-order valence-electron chi connectivity index (χ2n) is 6.38.